The molecule has 0 aliphatic carbocycles. The minimum atomic E-state index is -0.817. The molecule has 1 aromatic carbocycles. The maximum atomic E-state index is 10.1. The summed E-state index contributed by atoms with van der Waals surface area (Å²) < 4.78 is 5.56. The fraction of sp³-hybridized carbons (Fsp3) is 0.529. The van der Waals surface area contributed by atoms with E-state index in [0.29, 0.717) is 38.9 Å². The third-order valence-electron chi connectivity index (χ3n) is 2.95. The molecule has 0 amide bonds. The molecule has 0 spiro atoms. The van der Waals surface area contributed by atoms with Gasteiger partial charge < -0.3 is 14.9 Å². The summed E-state index contributed by atoms with van der Waals surface area (Å²) in [6.07, 6.45) is 2.37. The van der Waals surface area contributed by atoms with E-state index in [1.807, 2.05) is 30.3 Å². The smallest absolute Gasteiger partial charge is 0.0750 e. The molecule has 0 aliphatic rings. The monoisotopic (exact) mass is 276 g/mol. The van der Waals surface area contributed by atoms with E-state index in [1.54, 1.807) is 6.92 Å². The average Bonchev–Trinajstić information content (AvgIpc) is 2.44. The second-order valence-corrected chi connectivity index (χ2v) is 5.14. The summed E-state index contributed by atoms with van der Waals surface area (Å²) in [5.74, 6) is 5.90. The highest BCUT2D eigenvalue weighted by molar-refractivity contribution is 5.13. The number of rotatable bonds is 8. The highest BCUT2D eigenvalue weighted by Crippen LogP contribution is 2.14. The van der Waals surface area contributed by atoms with E-state index >= 15 is 0 Å². The summed E-state index contributed by atoms with van der Waals surface area (Å²) in [4.78, 5) is 0. The van der Waals surface area contributed by atoms with Gasteiger partial charge in [0.1, 0.15) is 0 Å². The highest BCUT2D eigenvalue weighted by atomic mass is 16.5. The molecule has 0 bridgehead atoms. The van der Waals surface area contributed by atoms with Crippen LogP contribution in [-0.2, 0) is 11.3 Å². The van der Waals surface area contributed by atoms with Crippen molar-refractivity contribution in [3.63, 3.8) is 0 Å². The van der Waals surface area contributed by atoms with Crippen LogP contribution in [0.15, 0.2) is 30.3 Å². The fourth-order valence-electron chi connectivity index (χ4n) is 1.65. The third kappa shape index (κ3) is 7.96. The van der Waals surface area contributed by atoms with Crippen LogP contribution in [0.1, 0.15) is 38.2 Å². The maximum absolute atomic E-state index is 10.1. The molecule has 3 heteroatoms. The van der Waals surface area contributed by atoms with Crippen LogP contribution in [0.4, 0.5) is 0 Å². The normalized spacial score (nSPS) is 13.3. The first-order valence-corrected chi connectivity index (χ1v) is 7.05. The largest absolute Gasteiger partial charge is 0.396 e. The number of ether oxygens (including phenoxy) is 1. The fourth-order valence-corrected chi connectivity index (χ4v) is 1.65. The van der Waals surface area contributed by atoms with Crippen molar-refractivity contribution >= 4 is 0 Å². The van der Waals surface area contributed by atoms with Crippen LogP contribution in [0, 0.1) is 11.8 Å². The predicted octanol–water partition coefficient (Wildman–Crippen LogP) is 2.51. The minimum absolute atomic E-state index is 0.165. The van der Waals surface area contributed by atoms with Gasteiger partial charge in [-0.05, 0) is 18.9 Å². The van der Waals surface area contributed by atoms with Gasteiger partial charge in [0.05, 0.1) is 12.2 Å². The van der Waals surface area contributed by atoms with E-state index in [1.165, 1.54) is 0 Å². The van der Waals surface area contributed by atoms with Gasteiger partial charge >= 0.3 is 0 Å². The molecule has 0 fully saturated rings. The molecule has 0 radical (unpaired) electrons. The molecular formula is C17H24O3. The van der Waals surface area contributed by atoms with E-state index in [2.05, 4.69) is 11.8 Å². The van der Waals surface area contributed by atoms with E-state index in [0.717, 1.165) is 5.56 Å². The van der Waals surface area contributed by atoms with Crippen LogP contribution in [0.3, 0.4) is 0 Å². The highest BCUT2D eigenvalue weighted by Gasteiger charge is 2.18. The van der Waals surface area contributed by atoms with Gasteiger partial charge in [0.25, 0.3) is 0 Å². The Labute approximate surface area is 121 Å². The lowest BCUT2D eigenvalue weighted by Crippen LogP contribution is -2.25. The first kappa shape index (κ1) is 16.7. The molecule has 0 saturated carbocycles. The Bertz CT molecular complexity index is 415. The molecule has 20 heavy (non-hydrogen) atoms. The van der Waals surface area contributed by atoms with E-state index in [4.69, 9.17) is 9.84 Å². The quantitative estimate of drug-likeness (QED) is 0.566. The van der Waals surface area contributed by atoms with Crippen LogP contribution in [-0.4, -0.2) is 29.0 Å². The number of aliphatic hydroxyl groups excluding tert-OH is 1. The average molecular weight is 276 g/mol. The van der Waals surface area contributed by atoms with Crippen molar-refractivity contribution in [1.82, 2.24) is 0 Å². The molecule has 2 N–H and O–H groups in total. The van der Waals surface area contributed by atoms with Crippen molar-refractivity contribution in [2.45, 2.75) is 44.8 Å². The molecule has 3 nitrogen and oxygen atoms in total. The van der Waals surface area contributed by atoms with Gasteiger partial charge in [-0.25, -0.2) is 0 Å². The van der Waals surface area contributed by atoms with Crippen molar-refractivity contribution in [3.05, 3.63) is 35.9 Å². The van der Waals surface area contributed by atoms with Gasteiger partial charge in [-0.2, -0.15) is 0 Å². The third-order valence-corrected chi connectivity index (χ3v) is 2.95. The zero-order valence-corrected chi connectivity index (χ0v) is 12.1. The molecule has 110 valence electrons. The molecule has 1 aromatic rings. The minimum Gasteiger partial charge on any atom is -0.396 e. The summed E-state index contributed by atoms with van der Waals surface area (Å²) in [5, 5.41) is 18.8. The second kappa shape index (κ2) is 9.55. The number of hydrogen-bond donors (Lipinski definition) is 2. The standard InChI is InChI=1S/C17H24O3/c1-17(19,11-7-2-3-8-13-18)12-14-20-15-16-9-5-4-6-10-16/h4-6,9-10,18-19H,3,8,11-15H2,1H3. The Morgan fingerprint density at radius 1 is 1.20 bits per heavy atom. The lowest BCUT2D eigenvalue weighted by Gasteiger charge is -2.20. The lowest BCUT2D eigenvalue weighted by atomic mass is 9.99. The second-order valence-electron chi connectivity index (χ2n) is 5.14. The number of hydrogen-bond acceptors (Lipinski definition) is 3. The van der Waals surface area contributed by atoms with Crippen molar-refractivity contribution in [1.29, 1.82) is 0 Å². The summed E-state index contributed by atoms with van der Waals surface area (Å²) in [6, 6.07) is 9.98. The molecule has 0 aromatic heterocycles. The topological polar surface area (TPSA) is 49.7 Å². The van der Waals surface area contributed by atoms with Crippen molar-refractivity contribution in [3.8, 4) is 11.8 Å². The van der Waals surface area contributed by atoms with Gasteiger partial charge in [0.2, 0.25) is 0 Å². The van der Waals surface area contributed by atoms with E-state index in [-0.39, 0.29) is 6.61 Å². The van der Waals surface area contributed by atoms with Crippen LogP contribution < -0.4 is 0 Å². The molecule has 0 saturated heterocycles. The maximum Gasteiger partial charge on any atom is 0.0750 e. The molecule has 0 heterocycles. The van der Waals surface area contributed by atoms with E-state index < -0.39 is 5.60 Å². The zero-order valence-electron chi connectivity index (χ0n) is 12.1. The summed E-state index contributed by atoms with van der Waals surface area (Å²) in [7, 11) is 0. The molecule has 1 atom stereocenters. The van der Waals surface area contributed by atoms with Crippen LogP contribution in [0.25, 0.3) is 0 Å². The SMILES string of the molecule is CC(O)(CC#CCCCO)CCOCc1ccccc1. The van der Waals surface area contributed by atoms with Crippen LogP contribution in [0.5, 0.6) is 0 Å². The number of aliphatic hydroxyl groups is 2. The molecule has 0 aliphatic heterocycles. The van der Waals surface area contributed by atoms with Crippen molar-refractivity contribution in [2.75, 3.05) is 13.2 Å². The summed E-state index contributed by atoms with van der Waals surface area (Å²) in [5.41, 5.74) is 0.319. The lowest BCUT2D eigenvalue weighted by molar-refractivity contribution is 0.0140. The van der Waals surface area contributed by atoms with Gasteiger partial charge in [-0.3, -0.25) is 0 Å². The summed E-state index contributed by atoms with van der Waals surface area (Å²) in [6.45, 7) is 3.03. The van der Waals surface area contributed by atoms with Crippen LogP contribution >= 0.6 is 0 Å². The molecule has 1 unspecified atom stereocenters. The van der Waals surface area contributed by atoms with Gasteiger partial charge in [-0.15, -0.1) is 11.8 Å². The predicted molar refractivity (Wildman–Crippen MR) is 80.1 cm³/mol. The number of benzene rings is 1. The Morgan fingerprint density at radius 2 is 1.95 bits per heavy atom. The van der Waals surface area contributed by atoms with Gasteiger partial charge in [-0.1, -0.05) is 30.3 Å². The van der Waals surface area contributed by atoms with Gasteiger partial charge in [0, 0.05) is 32.5 Å². The summed E-state index contributed by atoms with van der Waals surface area (Å²) >= 11 is 0. The Balaban J connectivity index is 2.17. The van der Waals surface area contributed by atoms with E-state index in [9.17, 15) is 5.11 Å². The Morgan fingerprint density at radius 3 is 2.65 bits per heavy atom. The van der Waals surface area contributed by atoms with Crippen molar-refractivity contribution < 1.29 is 14.9 Å². The van der Waals surface area contributed by atoms with Gasteiger partial charge in [0.15, 0.2) is 0 Å². The number of unbranched alkanes of at least 4 members (excludes halogenated alkanes) is 1. The zero-order chi connectivity index (χ0) is 14.7. The first-order chi connectivity index (χ1) is 9.64. The molecular weight excluding hydrogens is 252 g/mol. The van der Waals surface area contributed by atoms with Crippen LogP contribution in [0.2, 0.25) is 0 Å². The van der Waals surface area contributed by atoms with Crippen molar-refractivity contribution in [2.24, 2.45) is 0 Å². The molecule has 1 rings (SSSR count). The Hall–Kier alpha value is -1.34. The first-order valence-electron chi connectivity index (χ1n) is 7.05. The Kier molecular flexibility index (Phi) is 7.98.